The molecule has 0 spiro atoms. The molecule has 1 atom stereocenters. The number of likely N-dealkylation sites (tertiary alicyclic amines) is 1. The molecule has 5 heteroatoms. The van der Waals surface area contributed by atoms with Crippen LogP contribution < -0.4 is 10.9 Å². The minimum atomic E-state index is -0.149. The molecular weight excluding hydrogens is 192 g/mol. The second-order valence-corrected chi connectivity index (χ2v) is 4.06. The van der Waals surface area contributed by atoms with Gasteiger partial charge in [-0.1, -0.05) is 0 Å². The SMILES string of the molecule is CN1CCC(CNc2ncc[nH]c2=O)C1. The van der Waals surface area contributed by atoms with E-state index in [1.54, 1.807) is 6.20 Å². The smallest absolute Gasteiger partial charge is 0.290 e. The predicted molar refractivity (Wildman–Crippen MR) is 59.0 cm³/mol. The quantitative estimate of drug-likeness (QED) is 0.741. The lowest BCUT2D eigenvalue weighted by atomic mass is 10.1. The molecule has 1 fully saturated rings. The maximum atomic E-state index is 11.3. The first-order chi connectivity index (χ1) is 7.25. The normalized spacial score (nSPS) is 21.8. The summed E-state index contributed by atoms with van der Waals surface area (Å²) in [7, 11) is 2.12. The van der Waals surface area contributed by atoms with Crippen molar-refractivity contribution in [3.63, 3.8) is 0 Å². The Morgan fingerprint density at radius 3 is 3.27 bits per heavy atom. The minimum Gasteiger partial charge on any atom is -0.365 e. The zero-order chi connectivity index (χ0) is 10.7. The monoisotopic (exact) mass is 208 g/mol. The van der Waals surface area contributed by atoms with Gasteiger partial charge in [-0.15, -0.1) is 0 Å². The number of aromatic nitrogens is 2. The van der Waals surface area contributed by atoms with Crippen LogP contribution in [0, 0.1) is 5.92 Å². The highest BCUT2D eigenvalue weighted by molar-refractivity contribution is 5.29. The number of nitrogens with one attached hydrogen (secondary N) is 2. The van der Waals surface area contributed by atoms with Crippen molar-refractivity contribution in [1.82, 2.24) is 14.9 Å². The van der Waals surface area contributed by atoms with Crippen molar-refractivity contribution >= 4 is 5.82 Å². The molecule has 0 bridgehead atoms. The number of nitrogens with zero attached hydrogens (tertiary/aromatic N) is 2. The summed E-state index contributed by atoms with van der Waals surface area (Å²) in [5.74, 6) is 1.04. The van der Waals surface area contributed by atoms with Crippen molar-refractivity contribution in [2.75, 3.05) is 32.0 Å². The highest BCUT2D eigenvalue weighted by Gasteiger charge is 2.19. The lowest BCUT2D eigenvalue weighted by Gasteiger charge is -2.11. The molecule has 0 amide bonds. The summed E-state index contributed by atoms with van der Waals surface area (Å²) in [6.45, 7) is 3.06. The number of hydrogen-bond acceptors (Lipinski definition) is 4. The van der Waals surface area contributed by atoms with Crippen LogP contribution in [0.3, 0.4) is 0 Å². The van der Waals surface area contributed by atoms with Gasteiger partial charge < -0.3 is 15.2 Å². The molecule has 2 rings (SSSR count). The van der Waals surface area contributed by atoms with Gasteiger partial charge in [0.2, 0.25) is 0 Å². The summed E-state index contributed by atoms with van der Waals surface area (Å²) in [6.07, 6.45) is 4.32. The molecule has 2 heterocycles. The number of rotatable bonds is 3. The van der Waals surface area contributed by atoms with Gasteiger partial charge in [-0.3, -0.25) is 4.79 Å². The van der Waals surface area contributed by atoms with Crippen LogP contribution >= 0.6 is 0 Å². The topological polar surface area (TPSA) is 61.0 Å². The zero-order valence-corrected chi connectivity index (χ0v) is 8.86. The molecule has 1 unspecified atom stereocenters. The Labute approximate surface area is 88.5 Å². The molecule has 0 aliphatic carbocycles. The summed E-state index contributed by atoms with van der Waals surface area (Å²) >= 11 is 0. The van der Waals surface area contributed by atoms with E-state index in [4.69, 9.17) is 0 Å². The molecule has 0 saturated carbocycles. The van der Waals surface area contributed by atoms with Crippen LogP contribution in [-0.2, 0) is 0 Å². The summed E-state index contributed by atoms with van der Waals surface area (Å²) in [6, 6.07) is 0. The predicted octanol–water partition coefficient (Wildman–Crippen LogP) is 0.133. The van der Waals surface area contributed by atoms with E-state index < -0.39 is 0 Å². The fourth-order valence-corrected chi connectivity index (χ4v) is 1.91. The van der Waals surface area contributed by atoms with Crippen molar-refractivity contribution in [3.8, 4) is 0 Å². The third kappa shape index (κ3) is 2.56. The summed E-state index contributed by atoms with van der Waals surface area (Å²) < 4.78 is 0. The molecule has 15 heavy (non-hydrogen) atoms. The maximum Gasteiger partial charge on any atom is 0.290 e. The van der Waals surface area contributed by atoms with E-state index in [0.29, 0.717) is 11.7 Å². The second kappa shape index (κ2) is 4.44. The average molecular weight is 208 g/mol. The fourth-order valence-electron chi connectivity index (χ4n) is 1.91. The summed E-state index contributed by atoms with van der Waals surface area (Å²) in [4.78, 5) is 20.2. The first-order valence-corrected chi connectivity index (χ1v) is 5.22. The molecule has 5 nitrogen and oxygen atoms in total. The van der Waals surface area contributed by atoms with Crippen LogP contribution in [0.25, 0.3) is 0 Å². The largest absolute Gasteiger partial charge is 0.365 e. The Balaban J connectivity index is 1.88. The van der Waals surface area contributed by atoms with E-state index in [9.17, 15) is 4.79 Å². The van der Waals surface area contributed by atoms with Crippen LogP contribution in [0.1, 0.15) is 6.42 Å². The molecule has 82 valence electrons. The molecule has 0 aromatic carbocycles. The van der Waals surface area contributed by atoms with Gasteiger partial charge in [0.15, 0.2) is 5.82 Å². The Morgan fingerprint density at radius 1 is 1.73 bits per heavy atom. The molecular formula is C10H16N4O. The third-order valence-corrected chi connectivity index (χ3v) is 2.75. The summed E-state index contributed by atoms with van der Waals surface area (Å²) in [5, 5.41) is 3.09. The highest BCUT2D eigenvalue weighted by Crippen LogP contribution is 2.13. The van der Waals surface area contributed by atoms with Crippen LogP contribution in [-0.4, -0.2) is 41.5 Å². The van der Waals surface area contributed by atoms with E-state index in [2.05, 4.69) is 27.2 Å². The standard InChI is InChI=1S/C10H16N4O/c1-14-5-2-8(7-14)6-13-9-10(15)12-4-3-11-9/h3-4,8H,2,5-7H2,1H3,(H,11,13)(H,12,15). The Hall–Kier alpha value is -1.36. The molecule has 1 saturated heterocycles. The number of H-pyrrole nitrogens is 1. The number of hydrogen-bond donors (Lipinski definition) is 2. The Morgan fingerprint density at radius 2 is 2.60 bits per heavy atom. The van der Waals surface area contributed by atoms with E-state index in [1.165, 1.54) is 12.6 Å². The van der Waals surface area contributed by atoms with E-state index in [0.717, 1.165) is 19.6 Å². The van der Waals surface area contributed by atoms with Gasteiger partial charge in [-0.25, -0.2) is 4.98 Å². The lowest BCUT2D eigenvalue weighted by molar-refractivity contribution is 0.399. The van der Waals surface area contributed by atoms with Crippen molar-refractivity contribution in [2.45, 2.75) is 6.42 Å². The third-order valence-electron chi connectivity index (χ3n) is 2.75. The molecule has 1 aromatic heterocycles. The number of anilines is 1. The first-order valence-electron chi connectivity index (χ1n) is 5.22. The van der Waals surface area contributed by atoms with Crippen LogP contribution in [0.4, 0.5) is 5.82 Å². The average Bonchev–Trinajstić information content (AvgIpc) is 2.63. The van der Waals surface area contributed by atoms with Crippen molar-refractivity contribution in [1.29, 1.82) is 0 Å². The maximum absolute atomic E-state index is 11.3. The minimum absolute atomic E-state index is 0.149. The van der Waals surface area contributed by atoms with Crippen LogP contribution in [0.5, 0.6) is 0 Å². The van der Waals surface area contributed by atoms with Gasteiger partial charge in [-0.05, 0) is 25.9 Å². The van der Waals surface area contributed by atoms with Crippen molar-refractivity contribution in [2.24, 2.45) is 5.92 Å². The first kappa shape index (κ1) is 10.2. The molecule has 1 aromatic rings. The highest BCUT2D eigenvalue weighted by atomic mass is 16.1. The Kier molecular flexibility index (Phi) is 3.01. The van der Waals surface area contributed by atoms with Gasteiger partial charge in [0.25, 0.3) is 5.56 Å². The van der Waals surface area contributed by atoms with Crippen molar-refractivity contribution < 1.29 is 0 Å². The van der Waals surface area contributed by atoms with Crippen LogP contribution in [0.2, 0.25) is 0 Å². The van der Waals surface area contributed by atoms with Gasteiger partial charge in [0.05, 0.1) is 0 Å². The zero-order valence-electron chi connectivity index (χ0n) is 8.86. The van der Waals surface area contributed by atoms with Crippen molar-refractivity contribution in [3.05, 3.63) is 22.7 Å². The van der Waals surface area contributed by atoms with Gasteiger partial charge in [0.1, 0.15) is 0 Å². The van der Waals surface area contributed by atoms with Gasteiger partial charge in [-0.2, -0.15) is 0 Å². The van der Waals surface area contributed by atoms with Gasteiger partial charge in [0, 0.05) is 25.5 Å². The van der Waals surface area contributed by atoms with Crippen LogP contribution in [0.15, 0.2) is 17.2 Å². The second-order valence-electron chi connectivity index (χ2n) is 4.06. The molecule has 0 radical (unpaired) electrons. The fraction of sp³-hybridized carbons (Fsp3) is 0.600. The van der Waals surface area contributed by atoms with Gasteiger partial charge >= 0.3 is 0 Å². The Bertz CT molecular complexity index is 376. The molecule has 1 aliphatic rings. The lowest BCUT2D eigenvalue weighted by Crippen LogP contribution is -2.22. The van der Waals surface area contributed by atoms with E-state index in [-0.39, 0.29) is 5.56 Å². The molecule has 2 N–H and O–H groups in total. The van der Waals surface area contributed by atoms with E-state index >= 15 is 0 Å². The number of aromatic amines is 1. The summed E-state index contributed by atoms with van der Waals surface area (Å²) in [5.41, 5.74) is -0.149. The van der Waals surface area contributed by atoms with E-state index in [1.807, 2.05) is 0 Å². The molecule has 1 aliphatic heterocycles.